The highest BCUT2D eigenvalue weighted by molar-refractivity contribution is 5.97. The summed E-state index contributed by atoms with van der Waals surface area (Å²) in [4.78, 5) is 16.6. The van der Waals surface area contributed by atoms with E-state index in [9.17, 15) is 4.79 Å². The summed E-state index contributed by atoms with van der Waals surface area (Å²) in [7, 11) is 0. The van der Waals surface area contributed by atoms with Gasteiger partial charge in [0.15, 0.2) is 5.78 Å². The molecular formula is C19H17NO3. The van der Waals surface area contributed by atoms with Gasteiger partial charge in [0, 0.05) is 11.1 Å². The van der Waals surface area contributed by atoms with E-state index >= 15 is 0 Å². The topological polar surface area (TPSA) is 52.3 Å². The van der Waals surface area contributed by atoms with Crippen LogP contribution < -0.4 is 4.74 Å². The summed E-state index contributed by atoms with van der Waals surface area (Å²) in [6.07, 6.45) is 1.78. The number of ketones is 1. The maximum absolute atomic E-state index is 12.4. The lowest BCUT2D eigenvalue weighted by atomic mass is 10.1. The summed E-state index contributed by atoms with van der Waals surface area (Å²) < 4.78 is 11.1. The summed E-state index contributed by atoms with van der Waals surface area (Å²) in [5.74, 6) is 1.75. The second kappa shape index (κ2) is 6.92. The summed E-state index contributed by atoms with van der Waals surface area (Å²) in [5.41, 5.74) is 1.50. The van der Waals surface area contributed by atoms with Gasteiger partial charge in [-0.05, 0) is 31.2 Å². The fourth-order valence-corrected chi connectivity index (χ4v) is 2.29. The number of ether oxygens (including phenoxy) is 1. The first-order valence-corrected chi connectivity index (χ1v) is 7.52. The number of nitrogens with zero attached hydrogens (tertiary/aromatic N) is 1. The van der Waals surface area contributed by atoms with Crippen LogP contribution in [0.5, 0.6) is 5.75 Å². The van der Waals surface area contributed by atoms with Gasteiger partial charge in [0.25, 0.3) is 0 Å². The van der Waals surface area contributed by atoms with Crippen molar-refractivity contribution in [3.8, 4) is 17.2 Å². The molecule has 0 amide bonds. The zero-order valence-electron chi connectivity index (χ0n) is 12.9. The average molecular weight is 307 g/mol. The Morgan fingerprint density at radius 2 is 1.96 bits per heavy atom. The van der Waals surface area contributed by atoms with Gasteiger partial charge in [-0.3, -0.25) is 4.79 Å². The Balaban J connectivity index is 1.73. The first-order valence-electron chi connectivity index (χ1n) is 7.52. The Morgan fingerprint density at radius 1 is 1.13 bits per heavy atom. The van der Waals surface area contributed by atoms with Crippen molar-refractivity contribution in [2.24, 2.45) is 0 Å². The van der Waals surface area contributed by atoms with E-state index in [-0.39, 0.29) is 12.2 Å². The first kappa shape index (κ1) is 15.0. The van der Waals surface area contributed by atoms with Gasteiger partial charge >= 0.3 is 0 Å². The van der Waals surface area contributed by atoms with E-state index in [4.69, 9.17) is 9.15 Å². The highest BCUT2D eigenvalue weighted by Gasteiger charge is 2.13. The van der Waals surface area contributed by atoms with Crippen molar-refractivity contribution in [1.29, 1.82) is 0 Å². The van der Waals surface area contributed by atoms with Gasteiger partial charge in [0.05, 0.1) is 19.2 Å². The third-order valence-electron chi connectivity index (χ3n) is 3.38. The predicted molar refractivity (Wildman–Crippen MR) is 87.6 cm³/mol. The molecule has 23 heavy (non-hydrogen) atoms. The SMILES string of the molecule is CCOc1cccc(C(=O)Cc2cnc(-c3ccccc3)o2)c1. The number of aromatic nitrogens is 1. The molecule has 0 fully saturated rings. The smallest absolute Gasteiger partial charge is 0.226 e. The minimum Gasteiger partial charge on any atom is -0.494 e. The molecule has 0 aliphatic rings. The van der Waals surface area contributed by atoms with E-state index in [0.29, 0.717) is 29.6 Å². The van der Waals surface area contributed by atoms with Gasteiger partial charge < -0.3 is 9.15 Å². The lowest BCUT2D eigenvalue weighted by molar-refractivity contribution is 0.0987. The number of carbonyl (C=O) groups excluding carboxylic acids is 1. The van der Waals surface area contributed by atoms with Gasteiger partial charge in [0.1, 0.15) is 11.5 Å². The number of carbonyl (C=O) groups is 1. The quantitative estimate of drug-likeness (QED) is 0.641. The van der Waals surface area contributed by atoms with Crippen LogP contribution in [0.15, 0.2) is 65.2 Å². The molecule has 3 rings (SSSR count). The van der Waals surface area contributed by atoms with Crippen molar-refractivity contribution in [1.82, 2.24) is 4.98 Å². The summed E-state index contributed by atoms with van der Waals surface area (Å²) >= 11 is 0. The number of rotatable bonds is 6. The molecule has 0 atom stereocenters. The van der Waals surface area contributed by atoms with Crippen molar-refractivity contribution in [3.63, 3.8) is 0 Å². The molecule has 0 aliphatic heterocycles. The molecule has 116 valence electrons. The largest absolute Gasteiger partial charge is 0.494 e. The molecule has 4 heteroatoms. The fraction of sp³-hybridized carbons (Fsp3) is 0.158. The molecule has 0 radical (unpaired) electrons. The number of hydrogen-bond acceptors (Lipinski definition) is 4. The van der Waals surface area contributed by atoms with E-state index in [0.717, 1.165) is 5.56 Å². The van der Waals surface area contributed by atoms with Crippen molar-refractivity contribution in [2.45, 2.75) is 13.3 Å². The summed E-state index contributed by atoms with van der Waals surface area (Å²) in [6.45, 7) is 2.48. The highest BCUT2D eigenvalue weighted by atomic mass is 16.5. The van der Waals surface area contributed by atoms with Gasteiger partial charge in [-0.25, -0.2) is 4.98 Å². The van der Waals surface area contributed by atoms with Crippen molar-refractivity contribution < 1.29 is 13.9 Å². The Kier molecular flexibility index (Phi) is 4.52. The predicted octanol–water partition coefficient (Wildman–Crippen LogP) is 4.17. The molecule has 0 saturated heterocycles. The fourth-order valence-electron chi connectivity index (χ4n) is 2.29. The van der Waals surface area contributed by atoms with Crippen molar-refractivity contribution in [3.05, 3.63) is 72.1 Å². The molecule has 0 saturated carbocycles. The van der Waals surface area contributed by atoms with Gasteiger partial charge in [-0.1, -0.05) is 30.3 Å². The molecular weight excluding hydrogens is 290 g/mol. The normalized spacial score (nSPS) is 10.5. The van der Waals surface area contributed by atoms with Crippen LogP contribution in [0.25, 0.3) is 11.5 Å². The Hall–Kier alpha value is -2.88. The minimum absolute atomic E-state index is 0.0256. The first-order chi connectivity index (χ1) is 11.3. The Labute approximate surface area is 134 Å². The van der Waals surface area contributed by atoms with Gasteiger partial charge in [-0.15, -0.1) is 0 Å². The van der Waals surface area contributed by atoms with Crippen LogP contribution in [0.2, 0.25) is 0 Å². The monoisotopic (exact) mass is 307 g/mol. The molecule has 1 aromatic heterocycles. The Bertz CT molecular complexity index is 793. The number of hydrogen-bond donors (Lipinski definition) is 0. The zero-order valence-corrected chi connectivity index (χ0v) is 12.9. The summed E-state index contributed by atoms with van der Waals surface area (Å²) in [5, 5.41) is 0. The number of Topliss-reactive ketones (excluding diaryl/α,β-unsaturated/α-hetero) is 1. The van der Waals surface area contributed by atoms with Crippen LogP contribution in [-0.4, -0.2) is 17.4 Å². The highest BCUT2D eigenvalue weighted by Crippen LogP contribution is 2.20. The van der Waals surface area contributed by atoms with Crippen molar-refractivity contribution in [2.75, 3.05) is 6.61 Å². The standard InChI is InChI=1S/C19H17NO3/c1-2-22-16-10-6-9-15(11-16)18(21)12-17-13-20-19(23-17)14-7-4-3-5-8-14/h3-11,13H,2,12H2,1H3. The minimum atomic E-state index is -0.0256. The average Bonchev–Trinajstić information content (AvgIpc) is 3.05. The van der Waals surface area contributed by atoms with E-state index < -0.39 is 0 Å². The maximum atomic E-state index is 12.4. The molecule has 2 aromatic carbocycles. The zero-order chi connectivity index (χ0) is 16.1. The Morgan fingerprint density at radius 3 is 2.74 bits per heavy atom. The second-order valence-corrected chi connectivity index (χ2v) is 5.06. The van der Waals surface area contributed by atoms with Crippen LogP contribution in [-0.2, 0) is 6.42 Å². The van der Waals surface area contributed by atoms with Crippen LogP contribution in [0.1, 0.15) is 23.0 Å². The van der Waals surface area contributed by atoms with E-state index in [1.807, 2.05) is 49.4 Å². The van der Waals surface area contributed by atoms with Gasteiger partial charge in [-0.2, -0.15) is 0 Å². The van der Waals surface area contributed by atoms with E-state index in [1.165, 1.54) is 0 Å². The molecule has 4 nitrogen and oxygen atoms in total. The second-order valence-electron chi connectivity index (χ2n) is 5.06. The molecule has 0 N–H and O–H groups in total. The van der Waals surface area contributed by atoms with Crippen LogP contribution in [0, 0.1) is 0 Å². The van der Waals surface area contributed by atoms with Crippen LogP contribution in [0.3, 0.4) is 0 Å². The molecule has 0 unspecified atom stereocenters. The van der Waals surface area contributed by atoms with Crippen LogP contribution >= 0.6 is 0 Å². The summed E-state index contributed by atoms with van der Waals surface area (Å²) in [6, 6.07) is 16.8. The van der Waals surface area contributed by atoms with E-state index in [2.05, 4.69) is 4.98 Å². The molecule has 0 spiro atoms. The number of benzene rings is 2. The molecule has 3 aromatic rings. The molecule has 0 aliphatic carbocycles. The van der Waals surface area contributed by atoms with Crippen molar-refractivity contribution >= 4 is 5.78 Å². The maximum Gasteiger partial charge on any atom is 0.226 e. The number of oxazole rings is 1. The van der Waals surface area contributed by atoms with E-state index in [1.54, 1.807) is 18.3 Å². The third-order valence-corrected chi connectivity index (χ3v) is 3.38. The lowest BCUT2D eigenvalue weighted by Gasteiger charge is -2.04. The third kappa shape index (κ3) is 3.66. The molecule has 0 bridgehead atoms. The van der Waals surface area contributed by atoms with Gasteiger partial charge in [0.2, 0.25) is 5.89 Å². The van der Waals surface area contributed by atoms with Crippen LogP contribution in [0.4, 0.5) is 0 Å². The lowest BCUT2D eigenvalue weighted by Crippen LogP contribution is -2.03. The molecule has 1 heterocycles.